The average Bonchev–Trinajstić information content (AvgIpc) is 3.07. The molecule has 1 fully saturated rings. The molecule has 2 aromatic rings. The van der Waals surface area contributed by atoms with Gasteiger partial charge in [-0.25, -0.2) is 13.1 Å². The molecule has 1 saturated carbocycles. The quantitative estimate of drug-likeness (QED) is 0.466. The summed E-state index contributed by atoms with van der Waals surface area (Å²) in [5.41, 5.74) is 3.15. The van der Waals surface area contributed by atoms with Gasteiger partial charge >= 0.3 is 0 Å². The van der Waals surface area contributed by atoms with Gasteiger partial charge in [-0.05, 0) is 91.8 Å². The summed E-state index contributed by atoms with van der Waals surface area (Å²) in [6.07, 6.45) is 4.54. The number of halogens is 1. The lowest BCUT2D eigenvalue weighted by atomic mass is 9.68. The molecule has 2 aromatic carbocycles. The van der Waals surface area contributed by atoms with E-state index in [2.05, 4.69) is 21.8 Å². The lowest BCUT2D eigenvalue weighted by Crippen LogP contribution is -2.50. The third-order valence-corrected chi connectivity index (χ3v) is 11.2. The molecule has 2 N–H and O–H groups in total. The number of amides is 2. The molecule has 2 aliphatic carbocycles. The van der Waals surface area contributed by atoms with Crippen LogP contribution in [0.2, 0.25) is 5.02 Å². The summed E-state index contributed by atoms with van der Waals surface area (Å²) < 4.78 is 34.3. The molecule has 226 valence electrons. The maximum atomic E-state index is 13.2. The number of hydrogen-bond acceptors (Lipinski definition) is 7. The van der Waals surface area contributed by atoms with Gasteiger partial charge in [0.25, 0.3) is 5.91 Å². The SMILES string of the molecule is CC(=O)N1CC[C@H](O)[C@@H]2CC[C@H]2CN2C[C@@]3(CCCc4cc(Cl)ccc43)COc3ccc(cc32)C(=O)NS(=O)(=O)CC1. The van der Waals surface area contributed by atoms with Crippen molar-refractivity contribution in [1.29, 1.82) is 0 Å². The Morgan fingerprint density at radius 2 is 1.98 bits per heavy atom. The zero-order valence-electron chi connectivity index (χ0n) is 23.9. The smallest absolute Gasteiger partial charge is 0.264 e. The van der Waals surface area contributed by atoms with Gasteiger partial charge < -0.3 is 19.6 Å². The van der Waals surface area contributed by atoms with Gasteiger partial charge in [0.1, 0.15) is 5.75 Å². The van der Waals surface area contributed by atoms with Crippen LogP contribution in [0.3, 0.4) is 0 Å². The minimum Gasteiger partial charge on any atom is -0.490 e. The van der Waals surface area contributed by atoms with Crippen LogP contribution in [0.1, 0.15) is 60.5 Å². The third kappa shape index (κ3) is 5.73. The Labute approximate surface area is 252 Å². The van der Waals surface area contributed by atoms with E-state index in [0.717, 1.165) is 37.8 Å². The topological polar surface area (TPSA) is 116 Å². The predicted molar refractivity (Wildman–Crippen MR) is 161 cm³/mol. The number of hydrogen-bond donors (Lipinski definition) is 2. The van der Waals surface area contributed by atoms with Crippen molar-refractivity contribution < 1.29 is 27.9 Å². The highest BCUT2D eigenvalue weighted by atomic mass is 35.5. The molecule has 0 unspecified atom stereocenters. The van der Waals surface area contributed by atoms with Gasteiger partial charge in [0.05, 0.1) is 24.2 Å². The molecule has 1 spiro atoms. The number of anilines is 1. The zero-order chi connectivity index (χ0) is 29.6. The van der Waals surface area contributed by atoms with Crippen LogP contribution in [0, 0.1) is 11.8 Å². The first-order valence-corrected chi connectivity index (χ1v) is 16.9. The van der Waals surface area contributed by atoms with Gasteiger partial charge in [-0.3, -0.25) is 9.59 Å². The van der Waals surface area contributed by atoms with Crippen LogP contribution in [0.15, 0.2) is 36.4 Å². The molecule has 2 aliphatic heterocycles. The Balaban J connectivity index is 1.39. The first-order chi connectivity index (χ1) is 20.0. The second-order valence-electron chi connectivity index (χ2n) is 12.4. The number of benzene rings is 2. The summed E-state index contributed by atoms with van der Waals surface area (Å²) in [4.78, 5) is 29.2. The van der Waals surface area contributed by atoms with Crippen molar-refractivity contribution in [1.82, 2.24) is 9.62 Å². The number of carbonyl (C=O) groups is 2. The Hall–Kier alpha value is -2.82. The van der Waals surface area contributed by atoms with Crippen molar-refractivity contribution in [2.24, 2.45) is 11.8 Å². The molecule has 42 heavy (non-hydrogen) atoms. The van der Waals surface area contributed by atoms with Crippen molar-refractivity contribution in [2.75, 3.05) is 43.4 Å². The van der Waals surface area contributed by atoms with Gasteiger partial charge in [0.2, 0.25) is 15.9 Å². The Kier molecular flexibility index (Phi) is 7.91. The standard InChI is InChI=1S/C31H38ClN3O6S/c1-20(36)34-12-10-28(37)25-7-4-23(25)17-35-18-31(11-2-3-21-15-24(32)6-8-26(21)31)19-41-29-9-5-22(16-27(29)35)30(38)33-42(39,40)14-13-34/h5-6,8-9,15-16,23,25,28,37H,2-4,7,10-14,17-19H2,1H3,(H,33,38)/t23-,25+,28-,31-/m0/s1. The summed E-state index contributed by atoms with van der Waals surface area (Å²) in [6, 6.07) is 11.2. The first-order valence-electron chi connectivity index (χ1n) is 14.8. The Morgan fingerprint density at radius 3 is 2.74 bits per heavy atom. The molecule has 0 aromatic heterocycles. The van der Waals surface area contributed by atoms with Gasteiger partial charge in [0, 0.05) is 49.1 Å². The van der Waals surface area contributed by atoms with Gasteiger partial charge in [-0.1, -0.05) is 17.7 Å². The molecule has 6 rings (SSSR count). The highest BCUT2D eigenvalue weighted by Crippen LogP contribution is 2.46. The minimum absolute atomic E-state index is 0.0562. The van der Waals surface area contributed by atoms with Gasteiger partial charge in [0.15, 0.2) is 0 Å². The maximum Gasteiger partial charge on any atom is 0.264 e. The lowest BCUT2D eigenvalue weighted by Gasteiger charge is -2.46. The fraction of sp³-hybridized carbons (Fsp3) is 0.548. The second-order valence-corrected chi connectivity index (χ2v) is 14.7. The lowest BCUT2D eigenvalue weighted by molar-refractivity contribution is -0.129. The molecule has 4 aliphatic rings. The molecule has 2 amide bonds. The molecule has 2 bridgehead atoms. The first kappa shape index (κ1) is 29.3. The molecular weight excluding hydrogens is 578 g/mol. The van der Waals surface area contributed by atoms with Crippen molar-refractivity contribution in [3.05, 3.63) is 58.1 Å². The van der Waals surface area contributed by atoms with Gasteiger partial charge in [-0.15, -0.1) is 0 Å². The van der Waals surface area contributed by atoms with E-state index < -0.39 is 27.8 Å². The van der Waals surface area contributed by atoms with E-state index in [1.807, 2.05) is 6.07 Å². The highest BCUT2D eigenvalue weighted by molar-refractivity contribution is 7.90. The molecule has 0 radical (unpaired) electrons. The maximum absolute atomic E-state index is 13.2. The van der Waals surface area contributed by atoms with E-state index in [4.69, 9.17) is 16.3 Å². The van der Waals surface area contributed by atoms with E-state index in [1.165, 1.54) is 23.0 Å². The van der Waals surface area contributed by atoms with Crippen LogP contribution in [0.5, 0.6) is 5.75 Å². The summed E-state index contributed by atoms with van der Waals surface area (Å²) in [5.74, 6) is -0.434. The number of nitrogens with one attached hydrogen (secondary N) is 1. The number of aryl methyl sites for hydroxylation is 1. The van der Waals surface area contributed by atoms with Crippen molar-refractivity contribution in [2.45, 2.75) is 57.0 Å². The summed E-state index contributed by atoms with van der Waals surface area (Å²) in [5, 5.41) is 11.9. The number of rotatable bonds is 0. The van der Waals surface area contributed by atoms with Gasteiger partial charge in [-0.2, -0.15) is 0 Å². The van der Waals surface area contributed by atoms with Crippen molar-refractivity contribution >= 4 is 39.1 Å². The fourth-order valence-corrected chi connectivity index (χ4v) is 8.43. The summed E-state index contributed by atoms with van der Waals surface area (Å²) in [6.45, 7) is 3.39. The van der Waals surface area contributed by atoms with Crippen LogP contribution in [-0.4, -0.2) is 74.9 Å². The zero-order valence-corrected chi connectivity index (χ0v) is 25.4. The molecule has 9 nitrogen and oxygen atoms in total. The minimum atomic E-state index is -4.01. The highest BCUT2D eigenvalue weighted by Gasteiger charge is 2.44. The molecule has 0 saturated heterocycles. The summed E-state index contributed by atoms with van der Waals surface area (Å²) >= 11 is 6.37. The van der Waals surface area contributed by atoms with Crippen LogP contribution in [0.25, 0.3) is 0 Å². The molecule has 2 heterocycles. The van der Waals surface area contributed by atoms with Crippen LogP contribution >= 0.6 is 11.6 Å². The molecular formula is C31H38ClN3O6S. The number of sulfonamides is 1. The predicted octanol–water partition coefficient (Wildman–Crippen LogP) is 3.51. The number of ether oxygens (including phenoxy) is 1. The van der Waals surface area contributed by atoms with Crippen LogP contribution in [0.4, 0.5) is 5.69 Å². The number of aliphatic hydroxyl groups is 1. The molecule has 11 heteroatoms. The number of nitrogens with zero attached hydrogens (tertiary/aromatic N) is 2. The number of aliphatic hydroxyl groups excluding tert-OH is 1. The van der Waals surface area contributed by atoms with E-state index in [-0.39, 0.29) is 41.8 Å². The summed E-state index contributed by atoms with van der Waals surface area (Å²) in [7, 11) is -4.01. The largest absolute Gasteiger partial charge is 0.490 e. The van der Waals surface area contributed by atoms with E-state index in [9.17, 15) is 23.1 Å². The number of carbonyl (C=O) groups excluding carboxylic acids is 2. The third-order valence-electron chi connectivity index (χ3n) is 9.74. The van der Waals surface area contributed by atoms with E-state index >= 15 is 0 Å². The number of fused-ring (bicyclic) bond motifs is 4. The second kappa shape index (κ2) is 11.4. The Bertz CT molecular complexity index is 1500. The van der Waals surface area contributed by atoms with Crippen LogP contribution < -0.4 is 14.4 Å². The van der Waals surface area contributed by atoms with E-state index in [0.29, 0.717) is 36.9 Å². The van der Waals surface area contributed by atoms with E-state index in [1.54, 1.807) is 18.2 Å². The fourth-order valence-electron chi connectivity index (χ4n) is 7.28. The van der Waals surface area contributed by atoms with Crippen LogP contribution in [-0.2, 0) is 26.7 Å². The monoisotopic (exact) mass is 615 g/mol. The Morgan fingerprint density at radius 1 is 1.14 bits per heavy atom. The van der Waals surface area contributed by atoms with Crippen molar-refractivity contribution in [3.63, 3.8) is 0 Å². The molecule has 4 atom stereocenters. The average molecular weight is 616 g/mol. The normalized spacial score (nSPS) is 29.3. The van der Waals surface area contributed by atoms with Crippen molar-refractivity contribution in [3.8, 4) is 5.75 Å².